The molecule has 0 aliphatic heterocycles. The van der Waals surface area contributed by atoms with E-state index in [2.05, 4.69) is 92.1 Å². The van der Waals surface area contributed by atoms with E-state index in [1.165, 1.54) is 148 Å². The van der Waals surface area contributed by atoms with E-state index in [0.29, 0.717) is 17.4 Å². The topological polar surface area (TPSA) is 105 Å². The maximum atomic E-state index is 12.9. The van der Waals surface area contributed by atoms with Crippen LogP contribution in [-0.2, 0) is 18.4 Å². The highest BCUT2D eigenvalue weighted by Crippen LogP contribution is 2.43. The summed E-state index contributed by atoms with van der Waals surface area (Å²) in [4.78, 5) is 23.2. The molecule has 0 aromatic rings. The maximum Gasteiger partial charge on any atom is 0.472 e. The molecule has 0 aliphatic carbocycles. The van der Waals surface area contributed by atoms with Gasteiger partial charge in [-0.25, -0.2) is 4.57 Å². The van der Waals surface area contributed by atoms with Crippen LogP contribution in [0, 0.1) is 0 Å². The minimum Gasteiger partial charge on any atom is -0.387 e. The number of hydrogen-bond donors (Lipinski definition) is 3. The lowest BCUT2D eigenvalue weighted by Crippen LogP contribution is -2.45. The molecule has 0 heterocycles. The molecular weight excluding hydrogens is 876 g/mol. The zero-order valence-corrected chi connectivity index (χ0v) is 46.4. The van der Waals surface area contributed by atoms with Crippen molar-refractivity contribution in [2.45, 2.75) is 251 Å². The Balaban J connectivity index is 3.91. The van der Waals surface area contributed by atoms with Crippen LogP contribution in [-0.4, -0.2) is 73.4 Å². The zero-order valence-electron chi connectivity index (χ0n) is 45.5. The van der Waals surface area contributed by atoms with Gasteiger partial charge in [-0.1, -0.05) is 240 Å². The SMILES string of the molecule is CC/C=C\C/C=C\C/C=C\C/C=C\C/C=C\CCCCCCCCCCCCCCCCCCCCCCCC(=O)NC(COP(=O)(O)OCC[N+](C)(C)C)C(O)/C=C/CC/C=C/CCCCCC. The highest BCUT2D eigenvalue weighted by molar-refractivity contribution is 7.47. The number of aliphatic hydroxyl groups excluding tert-OH is 1. The van der Waals surface area contributed by atoms with Gasteiger partial charge < -0.3 is 19.8 Å². The lowest BCUT2D eigenvalue weighted by atomic mass is 10.0. The molecule has 0 rings (SSSR count). The fraction of sp³-hybridized carbons (Fsp3) is 0.750. The van der Waals surface area contributed by atoms with Crippen LogP contribution in [0.5, 0.6) is 0 Å². The van der Waals surface area contributed by atoms with Crippen LogP contribution in [0.1, 0.15) is 239 Å². The second-order valence-corrected chi connectivity index (χ2v) is 21.7. The average Bonchev–Trinajstić information content (AvgIpc) is 3.31. The van der Waals surface area contributed by atoms with Crippen LogP contribution in [0.4, 0.5) is 0 Å². The van der Waals surface area contributed by atoms with Crippen molar-refractivity contribution in [2.75, 3.05) is 40.9 Å². The minimum atomic E-state index is -4.35. The van der Waals surface area contributed by atoms with E-state index < -0.39 is 20.0 Å². The maximum absolute atomic E-state index is 12.9. The molecule has 0 aromatic heterocycles. The number of phosphoric acid groups is 1. The predicted octanol–water partition coefficient (Wildman–Crippen LogP) is 17.3. The van der Waals surface area contributed by atoms with Gasteiger partial charge in [-0.05, 0) is 77.0 Å². The molecule has 0 spiro atoms. The first kappa shape index (κ1) is 66.7. The molecule has 0 saturated heterocycles. The second-order valence-electron chi connectivity index (χ2n) is 20.3. The van der Waals surface area contributed by atoms with E-state index in [1.807, 2.05) is 27.2 Å². The summed E-state index contributed by atoms with van der Waals surface area (Å²) in [6.45, 7) is 4.64. The van der Waals surface area contributed by atoms with Crippen molar-refractivity contribution in [1.82, 2.24) is 5.32 Å². The Hall–Kier alpha value is -2.32. The molecule has 400 valence electrons. The Labute approximate surface area is 426 Å². The summed E-state index contributed by atoms with van der Waals surface area (Å²) < 4.78 is 23.6. The molecule has 3 atom stereocenters. The average molecular weight is 987 g/mol. The Morgan fingerprint density at radius 2 is 0.884 bits per heavy atom. The summed E-state index contributed by atoms with van der Waals surface area (Å²) in [7, 11) is 1.55. The molecule has 3 N–H and O–H groups in total. The monoisotopic (exact) mass is 986 g/mol. The number of nitrogens with zero attached hydrogens (tertiary/aromatic N) is 1. The molecular formula is C60H110N2O6P+. The third kappa shape index (κ3) is 53.3. The number of likely N-dealkylation sites (N-methyl/N-ethyl adjacent to an activating group) is 1. The van der Waals surface area contributed by atoms with E-state index in [0.717, 1.165) is 70.6 Å². The lowest BCUT2D eigenvalue weighted by molar-refractivity contribution is -0.870. The number of carbonyl (C=O) groups is 1. The lowest BCUT2D eigenvalue weighted by Gasteiger charge is -2.25. The summed E-state index contributed by atoms with van der Waals surface area (Å²) >= 11 is 0. The molecule has 0 fully saturated rings. The Kier molecular flexibility index (Phi) is 48.9. The largest absolute Gasteiger partial charge is 0.472 e. The van der Waals surface area contributed by atoms with Gasteiger partial charge in [0.25, 0.3) is 0 Å². The molecule has 0 radical (unpaired) electrons. The second kappa shape index (κ2) is 50.6. The number of allylic oxidation sites excluding steroid dienone is 13. The molecule has 0 aromatic carbocycles. The number of phosphoric ester groups is 1. The van der Waals surface area contributed by atoms with Crippen LogP contribution in [0.3, 0.4) is 0 Å². The number of carbonyl (C=O) groups excluding carboxylic acids is 1. The summed E-state index contributed by atoms with van der Waals surface area (Å²) in [6.07, 6.45) is 71.5. The first-order valence-electron chi connectivity index (χ1n) is 28.5. The van der Waals surface area contributed by atoms with Crippen LogP contribution < -0.4 is 5.32 Å². The van der Waals surface area contributed by atoms with Gasteiger partial charge in [-0.2, -0.15) is 0 Å². The standard InChI is InChI=1S/C60H109N2O6P/c1-6-8-10-12-14-16-18-19-20-21-22-23-24-25-26-27-28-29-30-31-32-33-34-35-36-37-38-39-40-41-42-43-44-46-48-50-52-54-60(64)61-58(57-68-69(65,66)67-56-55-62(3,4)5)59(63)53-51-49-47-45-17-15-13-11-9-7-2/h8,10,14,16-17,19-20,22-23,25-26,45,51,53,58-59,63H,6-7,9,11-13,15,18,21,24,27-44,46-50,52,54-57H2,1-5H3,(H-,61,64,65,66)/p+1/b10-8-,16-14-,20-19-,23-22-,26-25-,45-17+,53-51+. The molecule has 3 unspecified atom stereocenters. The van der Waals surface area contributed by atoms with E-state index in [9.17, 15) is 19.4 Å². The Morgan fingerprint density at radius 3 is 1.33 bits per heavy atom. The zero-order chi connectivity index (χ0) is 50.6. The van der Waals surface area contributed by atoms with Crippen molar-refractivity contribution >= 4 is 13.7 Å². The van der Waals surface area contributed by atoms with Crippen LogP contribution >= 0.6 is 7.82 Å². The van der Waals surface area contributed by atoms with Gasteiger partial charge in [0.15, 0.2) is 0 Å². The van der Waals surface area contributed by atoms with Gasteiger partial charge in [0.2, 0.25) is 5.91 Å². The van der Waals surface area contributed by atoms with Crippen molar-refractivity contribution in [2.24, 2.45) is 0 Å². The van der Waals surface area contributed by atoms with E-state index in [-0.39, 0.29) is 19.1 Å². The van der Waals surface area contributed by atoms with Crippen molar-refractivity contribution in [3.8, 4) is 0 Å². The highest BCUT2D eigenvalue weighted by atomic mass is 31.2. The number of aliphatic hydroxyl groups is 1. The number of quaternary nitrogens is 1. The number of nitrogens with one attached hydrogen (secondary N) is 1. The molecule has 0 aliphatic rings. The van der Waals surface area contributed by atoms with Crippen molar-refractivity contribution in [1.29, 1.82) is 0 Å². The van der Waals surface area contributed by atoms with Gasteiger partial charge in [0.05, 0.1) is 39.9 Å². The summed E-state index contributed by atoms with van der Waals surface area (Å²) in [5.41, 5.74) is 0. The fourth-order valence-corrected chi connectivity index (χ4v) is 8.64. The van der Waals surface area contributed by atoms with E-state index in [1.54, 1.807) is 6.08 Å². The Bertz CT molecular complexity index is 1400. The molecule has 0 bridgehead atoms. The minimum absolute atomic E-state index is 0.0547. The molecule has 8 nitrogen and oxygen atoms in total. The van der Waals surface area contributed by atoms with Crippen LogP contribution in [0.25, 0.3) is 0 Å². The van der Waals surface area contributed by atoms with Crippen molar-refractivity contribution in [3.05, 3.63) is 85.1 Å². The van der Waals surface area contributed by atoms with Crippen LogP contribution in [0.2, 0.25) is 0 Å². The molecule has 69 heavy (non-hydrogen) atoms. The predicted molar refractivity (Wildman–Crippen MR) is 299 cm³/mol. The summed E-state index contributed by atoms with van der Waals surface area (Å²) in [5, 5.41) is 13.8. The number of hydrogen-bond acceptors (Lipinski definition) is 5. The molecule has 0 saturated carbocycles. The summed E-state index contributed by atoms with van der Waals surface area (Å²) in [6, 6.07) is -0.863. The quantitative estimate of drug-likeness (QED) is 0.0243. The van der Waals surface area contributed by atoms with E-state index in [4.69, 9.17) is 9.05 Å². The molecule has 9 heteroatoms. The third-order valence-corrected chi connectivity index (χ3v) is 13.3. The number of amides is 1. The molecule has 1 amide bonds. The van der Waals surface area contributed by atoms with Gasteiger partial charge in [0, 0.05) is 6.42 Å². The Morgan fingerprint density at radius 1 is 0.507 bits per heavy atom. The van der Waals surface area contributed by atoms with Gasteiger partial charge in [-0.3, -0.25) is 13.8 Å². The van der Waals surface area contributed by atoms with Crippen LogP contribution in [0.15, 0.2) is 85.1 Å². The smallest absolute Gasteiger partial charge is 0.387 e. The summed E-state index contributed by atoms with van der Waals surface area (Å²) in [5.74, 6) is -0.189. The van der Waals surface area contributed by atoms with Crippen molar-refractivity contribution < 1.29 is 32.9 Å². The van der Waals surface area contributed by atoms with Crippen molar-refractivity contribution in [3.63, 3.8) is 0 Å². The van der Waals surface area contributed by atoms with Gasteiger partial charge in [0.1, 0.15) is 13.2 Å². The first-order valence-corrected chi connectivity index (χ1v) is 30.0. The normalized spacial score (nSPS) is 14.6. The van der Waals surface area contributed by atoms with Gasteiger partial charge >= 0.3 is 7.82 Å². The number of unbranched alkanes of at least 4 members (excludes halogenated alkanes) is 26. The third-order valence-electron chi connectivity index (χ3n) is 12.3. The first-order chi connectivity index (χ1) is 33.5. The fourth-order valence-electron chi connectivity index (χ4n) is 7.91. The van der Waals surface area contributed by atoms with E-state index >= 15 is 0 Å². The highest BCUT2D eigenvalue weighted by Gasteiger charge is 2.27. The number of rotatable bonds is 51. The van der Waals surface area contributed by atoms with Gasteiger partial charge in [-0.15, -0.1) is 0 Å².